The van der Waals surface area contributed by atoms with Gasteiger partial charge in [-0.05, 0) is 69.5 Å². The van der Waals surface area contributed by atoms with Crippen LogP contribution < -0.4 is 14.8 Å². The molecule has 0 aliphatic heterocycles. The van der Waals surface area contributed by atoms with Crippen LogP contribution in [0.4, 0.5) is 5.69 Å². The zero-order valence-corrected chi connectivity index (χ0v) is 18.0. The first kappa shape index (κ1) is 21.0. The number of hydrogen-bond acceptors (Lipinski definition) is 4. The Labute approximate surface area is 182 Å². The van der Waals surface area contributed by atoms with Crippen molar-refractivity contribution in [2.45, 2.75) is 13.2 Å². The quantitative estimate of drug-likeness (QED) is 0.417. The summed E-state index contributed by atoms with van der Waals surface area (Å²) in [6, 6.07) is 18.0. The highest BCUT2D eigenvalue weighted by atomic mass is 79.9. The minimum absolute atomic E-state index is 0.236. The Hall–Kier alpha value is -2.70. The molecule has 0 fully saturated rings. The number of methoxy groups -OCH3 is 1. The predicted molar refractivity (Wildman–Crippen MR) is 117 cm³/mol. The van der Waals surface area contributed by atoms with Crippen molar-refractivity contribution >= 4 is 39.2 Å². The van der Waals surface area contributed by atoms with Crippen molar-refractivity contribution in [1.82, 2.24) is 0 Å². The van der Waals surface area contributed by atoms with Crippen molar-refractivity contribution in [3.8, 4) is 11.5 Å². The SMILES string of the molecule is COc1cc(CNc2cccc(C(=O)O)c2)cc(Br)c1OCc1ccc(Cl)cc1. The summed E-state index contributed by atoms with van der Waals surface area (Å²) in [6.45, 7) is 0.876. The van der Waals surface area contributed by atoms with Crippen molar-refractivity contribution in [2.24, 2.45) is 0 Å². The van der Waals surface area contributed by atoms with Crippen molar-refractivity contribution in [3.05, 3.63) is 86.8 Å². The van der Waals surface area contributed by atoms with Gasteiger partial charge in [0, 0.05) is 17.3 Å². The van der Waals surface area contributed by atoms with E-state index in [2.05, 4.69) is 21.2 Å². The molecule has 3 aromatic carbocycles. The average Bonchev–Trinajstić information content (AvgIpc) is 2.72. The van der Waals surface area contributed by atoms with Gasteiger partial charge in [-0.1, -0.05) is 29.8 Å². The monoisotopic (exact) mass is 475 g/mol. The minimum Gasteiger partial charge on any atom is -0.493 e. The van der Waals surface area contributed by atoms with Gasteiger partial charge >= 0.3 is 5.97 Å². The number of rotatable bonds is 8. The minimum atomic E-state index is -0.958. The standard InChI is InChI=1S/C22H19BrClNO4/c1-28-20-10-15(12-25-18-4-2-3-16(11-18)22(26)27)9-19(23)21(20)29-13-14-5-7-17(24)8-6-14/h2-11,25H,12-13H2,1H3,(H,26,27). The first-order valence-electron chi connectivity index (χ1n) is 8.77. The van der Waals surface area contributed by atoms with Crippen LogP contribution in [0, 0.1) is 0 Å². The number of anilines is 1. The lowest BCUT2D eigenvalue weighted by Gasteiger charge is -2.15. The fraction of sp³-hybridized carbons (Fsp3) is 0.136. The predicted octanol–water partition coefficient (Wildman–Crippen LogP) is 6.00. The number of aromatic carboxylic acids is 1. The number of carboxylic acids is 1. The van der Waals surface area contributed by atoms with E-state index in [0.29, 0.717) is 29.7 Å². The molecule has 0 aromatic heterocycles. The van der Waals surface area contributed by atoms with Crippen LogP contribution in [0.1, 0.15) is 21.5 Å². The molecule has 0 aliphatic carbocycles. The van der Waals surface area contributed by atoms with E-state index in [0.717, 1.165) is 21.3 Å². The number of ether oxygens (including phenoxy) is 2. The summed E-state index contributed by atoms with van der Waals surface area (Å²) >= 11 is 9.46. The van der Waals surface area contributed by atoms with Gasteiger partial charge in [0.2, 0.25) is 0 Å². The smallest absolute Gasteiger partial charge is 0.335 e. The second kappa shape index (κ2) is 9.67. The van der Waals surface area contributed by atoms with E-state index in [-0.39, 0.29) is 5.56 Å². The molecule has 5 nitrogen and oxygen atoms in total. The van der Waals surface area contributed by atoms with E-state index >= 15 is 0 Å². The summed E-state index contributed by atoms with van der Waals surface area (Å²) in [6.07, 6.45) is 0. The number of halogens is 2. The second-order valence-corrected chi connectivity index (χ2v) is 7.55. The van der Waals surface area contributed by atoms with E-state index in [1.807, 2.05) is 42.5 Å². The third kappa shape index (κ3) is 5.65. The van der Waals surface area contributed by atoms with E-state index < -0.39 is 5.97 Å². The van der Waals surface area contributed by atoms with Crippen LogP contribution in [-0.2, 0) is 13.2 Å². The van der Waals surface area contributed by atoms with E-state index in [4.69, 9.17) is 26.2 Å². The van der Waals surface area contributed by atoms with Gasteiger partial charge in [-0.3, -0.25) is 0 Å². The molecule has 0 saturated carbocycles. The molecule has 0 bridgehead atoms. The zero-order chi connectivity index (χ0) is 20.8. The van der Waals surface area contributed by atoms with Crippen LogP contribution in [0.2, 0.25) is 5.02 Å². The number of carboxylic acid groups (broad SMARTS) is 1. The van der Waals surface area contributed by atoms with Crippen molar-refractivity contribution in [2.75, 3.05) is 12.4 Å². The van der Waals surface area contributed by atoms with E-state index in [9.17, 15) is 4.79 Å². The maximum absolute atomic E-state index is 11.1. The molecule has 0 aliphatic rings. The molecule has 2 N–H and O–H groups in total. The average molecular weight is 477 g/mol. The molecule has 29 heavy (non-hydrogen) atoms. The highest BCUT2D eigenvalue weighted by Gasteiger charge is 2.12. The van der Waals surface area contributed by atoms with Crippen LogP contribution in [0.5, 0.6) is 11.5 Å². The Bertz CT molecular complexity index is 1010. The van der Waals surface area contributed by atoms with Crippen molar-refractivity contribution in [1.29, 1.82) is 0 Å². The molecule has 0 spiro atoms. The summed E-state index contributed by atoms with van der Waals surface area (Å²) < 4.78 is 12.2. The molecule has 0 amide bonds. The Balaban J connectivity index is 1.71. The lowest BCUT2D eigenvalue weighted by atomic mass is 10.1. The Morgan fingerprint density at radius 3 is 2.55 bits per heavy atom. The van der Waals surface area contributed by atoms with Crippen LogP contribution in [0.25, 0.3) is 0 Å². The zero-order valence-electron chi connectivity index (χ0n) is 15.6. The van der Waals surface area contributed by atoms with Gasteiger partial charge in [0.05, 0.1) is 17.1 Å². The van der Waals surface area contributed by atoms with Gasteiger partial charge in [0.25, 0.3) is 0 Å². The van der Waals surface area contributed by atoms with Gasteiger partial charge in [-0.15, -0.1) is 0 Å². The largest absolute Gasteiger partial charge is 0.493 e. The first-order chi connectivity index (χ1) is 14.0. The summed E-state index contributed by atoms with van der Waals surface area (Å²) in [7, 11) is 1.59. The second-order valence-electron chi connectivity index (χ2n) is 6.26. The van der Waals surface area contributed by atoms with Crippen LogP contribution in [-0.4, -0.2) is 18.2 Å². The molecule has 0 radical (unpaired) electrons. The molecule has 150 valence electrons. The number of carbonyl (C=O) groups is 1. The lowest BCUT2D eigenvalue weighted by molar-refractivity contribution is 0.0697. The number of hydrogen-bond donors (Lipinski definition) is 2. The molecule has 0 saturated heterocycles. The third-order valence-corrected chi connectivity index (χ3v) is 5.03. The number of nitrogens with one attached hydrogen (secondary N) is 1. The van der Waals surface area contributed by atoms with Crippen LogP contribution in [0.15, 0.2) is 65.1 Å². The van der Waals surface area contributed by atoms with Crippen LogP contribution in [0.3, 0.4) is 0 Å². The highest BCUT2D eigenvalue weighted by molar-refractivity contribution is 9.10. The van der Waals surface area contributed by atoms with Crippen LogP contribution >= 0.6 is 27.5 Å². The molecule has 0 heterocycles. The molecule has 0 atom stereocenters. The fourth-order valence-corrected chi connectivity index (χ4v) is 3.45. The lowest BCUT2D eigenvalue weighted by Crippen LogP contribution is -2.04. The fourth-order valence-electron chi connectivity index (χ4n) is 2.72. The summed E-state index contributed by atoms with van der Waals surface area (Å²) in [5.74, 6) is 0.253. The van der Waals surface area contributed by atoms with Gasteiger partial charge in [0.1, 0.15) is 6.61 Å². The molecule has 3 rings (SSSR count). The van der Waals surface area contributed by atoms with Crippen molar-refractivity contribution < 1.29 is 19.4 Å². The maximum Gasteiger partial charge on any atom is 0.335 e. The summed E-state index contributed by atoms with van der Waals surface area (Å²) in [5.41, 5.74) is 2.91. The maximum atomic E-state index is 11.1. The van der Waals surface area contributed by atoms with Gasteiger partial charge in [0.15, 0.2) is 11.5 Å². The van der Waals surface area contributed by atoms with E-state index in [1.165, 1.54) is 0 Å². The van der Waals surface area contributed by atoms with Gasteiger partial charge in [-0.2, -0.15) is 0 Å². The molecule has 7 heteroatoms. The molecule has 0 unspecified atom stereocenters. The van der Waals surface area contributed by atoms with Crippen molar-refractivity contribution in [3.63, 3.8) is 0 Å². The number of benzene rings is 3. The molecular formula is C22H19BrClNO4. The molecular weight excluding hydrogens is 458 g/mol. The Morgan fingerprint density at radius 1 is 1.10 bits per heavy atom. The first-order valence-corrected chi connectivity index (χ1v) is 9.94. The van der Waals surface area contributed by atoms with Gasteiger partial charge in [-0.25, -0.2) is 4.79 Å². The highest BCUT2D eigenvalue weighted by Crippen LogP contribution is 2.37. The topological polar surface area (TPSA) is 67.8 Å². The normalized spacial score (nSPS) is 10.4. The molecule has 3 aromatic rings. The third-order valence-electron chi connectivity index (χ3n) is 4.19. The van der Waals surface area contributed by atoms with Gasteiger partial charge < -0.3 is 19.9 Å². The summed E-state index contributed by atoms with van der Waals surface area (Å²) in [4.78, 5) is 11.1. The Kier molecular flexibility index (Phi) is 7.01. The van der Waals surface area contributed by atoms with E-state index in [1.54, 1.807) is 25.3 Å². The summed E-state index contributed by atoms with van der Waals surface area (Å²) in [5, 5.41) is 13.0. The Morgan fingerprint density at radius 2 is 1.86 bits per heavy atom.